The summed E-state index contributed by atoms with van der Waals surface area (Å²) < 4.78 is 58.1. The predicted molar refractivity (Wildman–Crippen MR) is 254 cm³/mol. The second-order valence-corrected chi connectivity index (χ2v) is 23.1. The smallest absolute Gasteiger partial charge is 0.308 e. The third-order valence-corrected chi connectivity index (χ3v) is 15.8. The number of hydrogen-bond acceptors (Lipinski definition) is 14. The Balaban J connectivity index is 0.720. The van der Waals surface area contributed by atoms with E-state index in [2.05, 4.69) is 0 Å². The van der Waals surface area contributed by atoms with Crippen LogP contribution in [0.4, 0.5) is 0 Å². The van der Waals surface area contributed by atoms with Crippen LogP contribution in [0.25, 0.3) is 0 Å². The van der Waals surface area contributed by atoms with Gasteiger partial charge in [-0.2, -0.15) is 0 Å². The monoisotopic (exact) mass is 967 g/mol. The van der Waals surface area contributed by atoms with E-state index >= 15 is 10.4 Å². The lowest BCUT2D eigenvalue weighted by molar-refractivity contribution is -1.01. The van der Waals surface area contributed by atoms with Crippen molar-refractivity contribution in [2.24, 2.45) is 0 Å². The molecule has 2 aromatic rings. The van der Waals surface area contributed by atoms with E-state index in [0.29, 0.717) is 51.7 Å². The Kier molecular flexibility index (Phi) is 14.7. The van der Waals surface area contributed by atoms with Crippen LogP contribution in [0.2, 0.25) is 0 Å². The average Bonchev–Trinajstić information content (AvgIpc) is 4.23. The molecule has 6 aliphatic rings. The number of hydrogen-bond donors (Lipinski definition) is 0. The van der Waals surface area contributed by atoms with Gasteiger partial charge < -0.3 is 67.1 Å². The summed E-state index contributed by atoms with van der Waals surface area (Å²) in [7, 11) is 0. The van der Waals surface area contributed by atoms with Crippen molar-refractivity contribution in [1.29, 1.82) is 0 Å². The highest BCUT2D eigenvalue weighted by Gasteiger charge is 2.66. The molecule has 0 radical (unpaired) electrons. The third-order valence-electron chi connectivity index (χ3n) is 15.8. The minimum Gasteiger partial charge on any atom is -0.632 e. The highest BCUT2D eigenvalue weighted by Crippen LogP contribution is 2.58. The topological polar surface area (TPSA) is 179 Å². The molecule has 2 spiro atoms. The van der Waals surface area contributed by atoms with Crippen LogP contribution in [0.3, 0.4) is 0 Å². The summed E-state index contributed by atoms with van der Waals surface area (Å²) in [6, 6.07) is 14.8. The summed E-state index contributed by atoms with van der Waals surface area (Å²) in [6.07, 6.45) is 3.67. The van der Waals surface area contributed by atoms with E-state index in [9.17, 15) is 9.59 Å². The van der Waals surface area contributed by atoms with Crippen LogP contribution < -0.4 is 9.47 Å². The second-order valence-electron chi connectivity index (χ2n) is 23.1. The second kappa shape index (κ2) is 19.5. The number of carbonyl (C=O) groups excluding carboxylic acids is 2. The summed E-state index contributed by atoms with van der Waals surface area (Å²) in [4.78, 5) is 25.7. The molecule has 6 atom stereocenters. The van der Waals surface area contributed by atoms with Gasteiger partial charge in [0.05, 0.1) is 67.7 Å². The lowest BCUT2D eigenvalue weighted by Crippen LogP contribution is -2.75. The molecule has 0 N–H and O–H groups in total. The maximum absolute atomic E-state index is 15.2. The minimum absolute atomic E-state index is 0.0729. The van der Waals surface area contributed by atoms with Crippen molar-refractivity contribution in [2.75, 3.05) is 46.2 Å². The van der Waals surface area contributed by atoms with Gasteiger partial charge in [0.15, 0.2) is 11.6 Å². The molecule has 6 unspecified atom stereocenters. The van der Waals surface area contributed by atoms with Crippen molar-refractivity contribution < 1.29 is 66.3 Å². The van der Waals surface area contributed by atoms with Crippen LogP contribution in [0.5, 0.6) is 11.5 Å². The van der Waals surface area contributed by atoms with Gasteiger partial charge in [0.1, 0.15) is 68.3 Å². The summed E-state index contributed by atoms with van der Waals surface area (Å²) in [5.74, 6) is -1.19. The molecule has 2 aromatic carbocycles. The first-order valence-electron chi connectivity index (χ1n) is 25.3. The number of hydroxylamine groups is 6. The van der Waals surface area contributed by atoms with E-state index in [1.54, 1.807) is 0 Å². The number of esters is 2. The molecule has 16 heteroatoms. The average molecular weight is 967 g/mol. The maximum atomic E-state index is 15.2. The zero-order chi connectivity index (χ0) is 49.7. The van der Waals surface area contributed by atoms with Crippen molar-refractivity contribution >= 4 is 11.9 Å². The predicted octanol–water partition coefficient (Wildman–Crippen LogP) is 9.00. The molecule has 6 aliphatic heterocycles. The van der Waals surface area contributed by atoms with Crippen LogP contribution in [0.1, 0.15) is 157 Å². The van der Waals surface area contributed by atoms with Gasteiger partial charge in [-0.1, -0.05) is 12.8 Å². The number of nitrogens with zero attached hydrogens (tertiary/aromatic N) is 2. The van der Waals surface area contributed by atoms with Gasteiger partial charge in [-0.05, 0) is 131 Å². The quantitative estimate of drug-likeness (QED) is 0.0403. The van der Waals surface area contributed by atoms with Crippen LogP contribution in [-0.4, -0.2) is 126 Å². The van der Waals surface area contributed by atoms with Gasteiger partial charge >= 0.3 is 11.9 Å². The first-order valence-corrected chi connectivity index (χ1v) is 25.3. The number of piperidine rings is 2. The number of ether oxygens (including phenoxy) is 10. The minimum atomic E-state index is -1.05. The molecule has 6 heterocycles. The first-order chi connectivity index (χ1) is 32.4. The molecule has 0 amide bonds. The van der Waals surface area contributed by atoms with Gasteiger partial charge in [-0.25, -0.2) is 0 Å². The zero-order valence-electron chi connectivity index (χ0n) is 42.7. The van der Waals surface area contributed by atoms with E-state index in [4.69, 9.17) is 47.4 Å². The fourth-order valence-electron chi connectivity index (χ4n) is 12.8. The highest BCUT2D eigenvalue weighted by atomic mass is 16.8. The molecular weight excluding hydrogens is 889 g/mol. The Morgan fingerprint density at radius 1 is 0.565 bits per heavy atom. The van der Waals surface area contributed by atoms with Crippen molar-refractivity contribution in [3.8, 4) is 11.5 Å². The Bertz CT molecular complexity index is 2060. The summed E-state index contributed by atoms with van der Waals surface area (Å²) in [6.45, 7) is 22.8. The van der Waals surface area contributed by atoms with Crippen molar-refractivity contribution in [1.82, 2.24) is 0 Å². The lowest BCUT2D eigenvalue weighted by Gasteiger charge is -2.70. The molecular formula is C53H78N2O14. The van der Waals surface area contributed by atoms with E-state index in [-0.39, 0.29) is 68.9 Å². The Hall–Kier alpha value is -3.42. The molecule has 8 rings (SSSR count). The van der Waals surface area contributed by atoms with Gasteiger partial charge in [0.25, 0.3) is 0 Å². The molecule has 0 aromatic heterocycles. The highest BCUT2D eigenvalue weighted by molar-refractivity contribution is 5.69. The molecule has 384 valence electrons. The number of epoxide rings is 2. The number of benzene rings is 2. The fraction of sp³-hybridized carbons (Fsp3) is 0.736. The van der Waals surface area contributed by atoms with Gasteiger partial charge in [0, 0.05) is 24.0 Å². The lowest BCUT2D eigenvalue weighted by atomic mass is 9.73. The van der Waals surface area contributed by atoms with Crippen molar-refractivity contribution in [2.45, 2.75) is 204 Å². The van der Waals surface area contributed by atoms with Crippen LogP contribution in [0.15, 0.2) is 48.5 Å². The number of rotatable bonds is 20. The number of unbranched alkanes of at least 4 members (excludes halogenated alkanes) is 3. The Labute approximate surface area is 408 Å². The number of likely N-dealkylation sites (tertiary alicyclic amines) is 2. The molecule has 6 fully saturated rings. The number of quaternary nitrogens is 2. The van der Waals surface area contributed by atoms with Gasteiger partial charge in [-0.3, -0.25) is 9.59 Å². The third kappa shape index (κ3) is 10.9. The van der Waals surface area contributed by atoms with E-state index in [1.165, 1.54) is 0 Å². The normalized spacial score (nSPS) is 28.9. The maximum Gasteiger partial charge on any atom is 0.308 e. The standard InChI is InChI=1S/C53H78N2O14/c1-36(38-17-21-40(22-18-38)60-25-42-27-62-42)54(58)48(3,4)32-52(33-49(54,5)6)65-30-44(68-52)29-64-45(56)15-13-11-12-14-16-46(57)67-47-31-66-53(69-47)34-50(7,8)55(59,51(9,10)35-53)37(2)39-19-23-41(24-20-39)61-26-43-28-63-43/h17-24,36-37,42-44,47H,11-16,25-35H2,1-10H3. The largest absolute Gasteiger partial charge is 0.632 e. The molecule has 69 heavy (non-hydrogen) atoms. The molecule has 0 saturated carbocycles. The molecule has 0 aliphatic carbocycles. The van der Waals surface area contributed by atoms with Crippen molar-refractivity contribution in [3.05, 3.63) is 70.1 Å². The fourth-order valence-corrected chi connectivity index (χ4v) is 12.8. The van der Waals surface area contributed by atoms with Crippen LogP contribution in [-0.2, 0) is 47.5 Å². The van der Waals surface area contributed by atoms with Gasteiger partial charge in [-0.15, -0.1) is 0 Å². The van der Waals surface area contributed by atoms with E-state index < -0.39 is 55.4 Å². The van der Waals surface area contributed by atoms with Gasteiger partial charge in [0.2, 0.25) is 6.29 Å². The number of carbonyl (C=O) groups is 2. The molecule has 16 nitrogen and oxygen atoms in total. The summed E-state index contributed by atoms with van der Waals surface area (Å²) in [5.41, 5.74) is -1.28. The van der Waals surface area contributed by atoms with Crippen molar-refractivity contribution in [3.63, 3.8) is 0 Å². The van der Waals surface area contributed by atoms with Crippen LogP contribution in [0, 0.1) is 10.4 Å². The Morgan fingerprint density at radius 3 is 1.41 bits per heavy atom. The van der Waals surface area contributed by atoms with E-state index in [0.717, 1.165) is 48.7 Å². The van der Waals surface area contributed by atoms with E-state index in [1.807, 2.05) is 118 Å². The first kappa shape index (κ1) is 51.9. The SMILES string of the molecule is CC(c1ccc(OCC2CO2)cc1)[N+]1([O-])C(C)(C)CC2(CC1(C)C)OCC(COC(=O)CCCCCCC(=O)OC1COC3(CC(C)(C)[N+]([O-])(C(C)c4ccc(OCC5CO5)cc4)C(C)(C)C3)O1)O2. The Morgan fingerprint density at radius 2 is 0.971 bits per heavy atom. The molecule has 6 saturated heterocycles. The molecule has 0 bridgehead atoms. The van der Waals surface area contributed by atoms with Crippen LogP contribution >= 0.6 is 0 Å². The summed E-state index contributed by atoms with van der Waals surface area (Å²) >= 11 is 0. The summed E-state index contributed by atoms with van der Waals surface area (Å²) in [5, 5.41) is 30.4. The zero-order valence-corrected chi connectivity index (χ0v) is 42.7.